The molecule has 1 rings (SSSR count). The lowest BCUT2D eigenvalue weighted by Gasteiger charge is -2.16. The van der Waals surface area contributed by atoms with Crippen molar-refractivity contribution < 1.29 is 0 Å². The first-order valence-corrected chi connectivity index (χ1v) is 15.0. The Labute approximate surface area is 105 Å². The van der Waals surface area contributed by atoms with Crippen molar-refractivity contribution in [1.82, 2.24) is 0 Å². The Morgan fingerprint density at radius 2 is 1.17 bits per heavy atom. The van der Waals surface area contributed by atoms with Gasteiger partial charge in [0.25, 0.3) is 5.91 Å². The zero-order valence-electron chi connectivity index (χ0n) is 4.95. The Bertz CT molecular complexity index is 280. The molecule has 2 unspecified atom stereocenters. The molecule has 0 amide bonds. The molecule has 1 aliphatic rings. The van der Waals surface area contributed by atoms with Gasteiger partial charge in [-0.05, 0) is 45.0 Å². The van der Waals surface area contributed by atoms with Crippen LogP contribution in [-0.2, 0) is 0 Å². The molecule has 0 aliphatic carbocycles. The molecule has 0 N–H and O–H groups in total. The highest BCUT2D eigenvalue weighted by Gasteiger charge is 2.29. The van der Waals surface area contributed by atoms with Crippen LogP contribution in [0.1, 0.15) is 0 Å². The summed E-state index contributed by atoms with van der Waals surface area (Å²) in [7, 11) is 0. The lowest BCUT2D eigenvalue weighted by atomic mass is 13.8. The molecular weight excluding hydrogens is 437 g/mol. The Balaban J connectivity index is 3.46. The lowest BCUT2D eigenvalue weighted by Crippen LogP contribution is -1.61. The SMILES string of the molecule is ClP1(Cl)=NP(Cl)(Br)=NP(Cl)(Br)=N1. The van der Waals surface area contributed by atoms with Crippen molar-refractivity contribution in [3.8, 4) is 0 Å². The lowest BCUT2D eigenvalue weighted by molar-refractivity contribution is 1.81. The number of nitrogens with zero attached hydrogens (tertiary/aromatic N) is 3. The average molecular weight is 437 g/mol. The third kappa shape index (κ3) is 4.13. The van der Waals surface area contributed by atoms with E-state index >= 15 is 0 Å². The standard InChI is InChI=1S/Br2Cl4N3P3/c1-10(3)7-11(2,4)9-12(5,6)8-10. The van der Waals surface area contributed by atoms with Gasteiger partial charge < -0.3 is 0 Å². The van der Waals surface area contributed by atoms with Gasteiger partial charge in [0.2, 0.25) is 10.5 Å². The van der Waals surface area contributed by atoms with Gasteiger partial charge in [0.1, 0.15) is 0 Å². The molecule has 3 nitrogen and oxygen atoms in total. The van der Waals surface area contributed by atoms with E-state index in [-0.39, 0.29) is 0 Å². The van der Waals surface area contributed by atoms with Gasteiger partial charge in [-0.25, -0.2) is 0 Å². The number of rotatable bonds is 0. The largest absolute Gasteiger partial charge is 0.257 e. The van der Waals surface area contributed by atoms with E-state index in [9.17, 15) is 0 Å². The number of halogens is 6. The van der Waals surface area contributed by atoms with E-state index in [1.807, 2.05) is 0 Å². The Morgan fingerprint density at radius 1 is 0.750 bits per heavy atom. The smallest absolute Gasteiger partial charge is 0.192 e. The summed E-state index contributed by atoms with van der Waals surface area (Å²) in [6.45, 7) is 0. The van der Waals surface area contributed by atoms with Gasteiger partial charge in [0.05, 0.1) is 0 Å². The highest BCUT2D eigenvalue weighted by atomic mass is 79.9. The molecule has 0 aromatic rings. The molecular formula is Br2Cl4N3P3. The zero-order valence-corrected chi connectivity index (χ0v) is 13.8. The summed E-state index contributed by atoms with van der Waals surface area (Å²) in [5, 5.41) is -4.97. The maximum absolute atomic E-state index is 5.85. The monoisotopic (exact) mass is 433 g/mol. The highest BCUT2D eigenvalue weighted by molar-refractivity contribution is 9.45. The third-order valence-corrected chi connectivity index (χ3v) is 15.8. The predicted molar refractivity (Wildman–Crippen MR) is 69.3 cm³/mol. The summed E-state index contributed by atoms with van der Waals surface area (Å²) < 4.78 is 11.7. The van der Waals surface area contributed by atoms with E-state index < -0.39 is 16.4 Å². The van der Waals surface area contributed by atoms with Gasteiger partial charge in [0.15, 0.2) is 0 Å². The molecule has 0 saturated heterocycles. The fourth-order valence-electron chi connectivity index (χ4n) is 0.442. The minimum absolute atomic E-state index is 2.48. The van der Waals surface area contributed by atoms with Gasteiger partial charge in [-0.2, -0.15) is 13.5 Å². The van der Waals surface area contributed by atoms with Crippen LogP contribution in [0.25, 0.3) is 0 Å². The minimum atomic E-state index is -2.74. The third-order valence-electron chi connectivity index (χ3n) is 0.646. The van der Waals surface area contributed by atoms with Crippen molar-refractivity contribution in [3.63, 3.8) is 0 Å². The van der Waals surface area contributed by atoms with E-state index in [1.165, 1.54) is 0 Å². The Morgan fingerprint density at radius 3 is 1.50 bits per heavy atom. The van der Waals surface area contributed by atoms with Gasteiger partial charge in [-0.3, -0.25) is 0 Å². The van der Waals surface area contributed by atoms with Crippen LogP contribution >= 0.6 is 92.4 Å². The highest BCUT2D eigenvalue weighted by Crippen LogP contribution is 2.89. The first-order chi connectivity index (χ1) is 5.12. The maximum atomic E-state index is 5.85. The molecule has 0 spiro atoms. The number of hydrogen-bond acceptors (Lipinski definition) is 3. The first-order valence-electron chi connectivity index (χ1n) is 2.21. The van der Waals surface area contributed by atoms with Crippen LogP contribution in [0.4, 0.5) is 0 Å². The van der Waals surface area contributed by atoms with E-state index in [4.69, 9.17) is 45.0 Å². The molecule has 0 bridgehead atoms. The van der Waals surface area contributed by atoms with Crippen molar-refractivity contribution in [2.24, 2.45) is 13.5 Å². The van der Waals surface area contributed by atoms with Crippen LogP contribution in [0.15, 0.2) is 13.5 Å². The molecule has 0 saturated carbocycles. The van der Waals surface area contributed by atoms with E-state index in [2.05, 4.69) is 44.5 Å². The predicted octanol–water partition coefficient (Wildman–Crippen LogP) is 7.58. The summed E-state index contributed by atoms with van der Waals surface area (Å²) >= 11 is 29.4. The summed E-state index contributed by atoms with van der Waals surface area (Å²) in [5.74, 6) is -2.74. The molecule has 72 valence electrons. The molecule has 12 heavy (non-hydrogen) atoms. The van der Waals surface area contributed by atoms with E-state index in [1.54, 1.807) is 0 Å². The molecule has 1 heterocycles. The molecule has 0 aromatic carbocycles. The van der Waals surface area contributed by atoms with E-state index in [0.717, 1.165) is 0 Å². The molecule has 12 heteroatoms. The number of hydrogen-bond donors (Lipinski definition) is 0. The van der Waals surface area contributed by atoms with Gasteiger partial charge in [-0.1, -0.05) is 0 Å². The second-order valence-electron chi connectivity index (χ2n) is 1.64. The maximum Gasteiger partial charge on any atom is 0.257 e. The van der Waals surface area contributed by atoms with Crippen LogP contribution in [-0.4, -0.2) is 0 Å². The second kappa shape index (κ2) is 4.00. The molecule has 0 fully saturated rings. The van der Waals surface area contributed by atoms with Crippen molar-refractivity contribution in [2.75, 3.05) is 0 Å². The fraction of sp³-hybridized carbons (Fsp3) is 0. The minimum Gasteiger partial charge on any atom is -0.192 e. The quantitative estimate of drug-likeness (QED) is 0.351. The summed E-state index contributed by atoms with van der Waals surface area (Å²) in [6.07, 6.45) is 0. The molecule has 1 aliphatic heterocycles. The summed E-state index contributed by atoms with van der Waals surface area (Å²) in [5.41, 5.74) is 0. The second-order valence-corrected chi connectivity index (χ2v) is 21.1. The van der Waals surface area contributed by atoms with Crippen LogP contribution in [0.3, 0.4) is 0 Å². The average Bonchev–Trinajstić information content (AvgIpc) is 1.44. The topological polar surface area (TPSA) is 37.1 Å². The van der Waals surface area contributed by atoms with Crippen molar-refractivity contribution in [2.45, 2.75) is 0 Å². The first kappa shape index (κ1) is 12.9. The summed E-state index contributed by atoms with van der Waals surface area (Å²) in [6, 6.07) is 0. The summed E-state index contributed by atoms with van der Waals surface area (Å²) in [4.78, 5) is 0. The van der Waals surface area contributed by atoms with Gasteiger partial charge >= 0.3 is 0 Å². The van der Waals surface area contributed by atoms with Crippen molar-refractivity contribution >= 4 is 92.4 Å². The normalized spacial score (nSPS) is 45.5. The Hall–Kier alpha value is 2.81. The van der Waals surface area contributed by atoms with Gasteiger partial charge in [-0.15, -0.1) is 0 Å². The fourth-order valence-corrected chi connectivity index (χ4v) is 27.1. The van der Waals surface area contributed by atoms with Crippen LogP contribution < -0.4 is 0 Å². The molecule has 2 atom stereocenters. The van der Waals surface area contributed by atoms with Gasteiger partial charge in [0, 0.05) is 31.0 Å². The van der Waals surface area contributed by atoms with Crippen LogP contribution in [0.5, 0.6) is 0 Å². The Kier molecular flexibility index (Phi) is 4.29. The van der Waals surface area contributed by atoms with Crippen LogP contribution in [0, 0.1) is 0 Å². The zero-order chi connectivity index (χ0) is 9.62. The van der Waals surface area contributed by atoms with E-state index in [0.29, 0.717) is 0 Å². The molecule has 0 radical (unpaired) electrons. The van der Waals surface area contributed by atoms with Crippen LogP contribution in [0.2, 0.25) is 0 Å². The van der Waals surface area contributed by atoms with Crippen molar-refractivity contribution in [3.05, 3.63) is 0 Å². The molecule has 0 aromatic heterocycles. The van der Waals surface area contributed by atoms with Crippen molar-refractivity contribution in [1.29, 1.82) is 0 Å².